The van der Waals surface area contributed by atoms with Crippen molar-refractivity contribution < 1.29 is 19.4 Å². The molecule has 21 heavy (non-hydrogen) atoms. The van der Waals surface area contributed by atoms with Gasteiger partial charge in [-0.3, -0.25) is 9.59 Å². The lowest BCUT2D eigenvalue weighted by Gasteiger charge is -2.19. The summed E-state index contributed by atoms with van der Waals surface area (Å²) >= 11 is 6.02. The van der Waals surface area contributed by atoms with Gasteiger partial charge in [-0.25, -0.2) is 0 Å². The number of benzene rings is 1. The zero-order valence-electron chi connectivity index (χ0n) is 11.7. The highest BCUT2D eigenvalue weighted by molar-refractivity contribution is 6.32. The summed E-state index contributed by atoms with van der Waals surface area (Å²) in [6.07, 6.45) is 0.929. The molecule has 1 aliphatic carbocycles. The van der Waals surface area contributed by atoms with E-state index in [2.05, 4.69) is 5.32 Å². The van der Waals surface area contributed by atoms with E-state index in [1.165, 1.54) is 0 Å². The Bertz CT molecular complexity index is 534. The molecule has 3 atom stereocenters. The van der Waals surface area contributed by atoms with E-state index in [0.29, 0.717) is 30.2 Å². The zero-order valence-corrected chi connectivity index (χ0v) is 12.5. The summed E-state index contributed by atoms with van der Waals surface area (Å²) in [5.41, 5.74) is 0. The number of carboxylic acid groups (broad SMARTS) is 1. The minimum Gasteiger partial charge on any atom is -0.487 e. The first kappa shape index (κ1) is 15.6. The van der Waals surface area contributed by atoms with Gasteiger partial charge in [0.2, 0.25) is 5.91 Å². The van der Waals surface area contributed by atoms with Crippen molar-refractivity contribution >= 4 is 23.5 Å². The molecule has 2 rings (SSSR count). The molecule has 1 aromatic rings. The summed E-state index contributed by atoms with van der Waals surface area (Å²) in [6.45, 7) is 2.29. The maximum absolute atomic E-state index is 11.8. The van der Waals surface area contributed by atoms with Crippen molar-refractivity contribution in [2.24, 2.45) is 11.8 Å². The van der Waals surface area contributed by atoms with E-state index in [9.17, 15) is 9.59 Å². The number of hydrogen-bond acceptors (Lipinski definition) is 3. The highest BCUT2D eigenvalue weighted by atomic mass is 35.5. The van der Waals surface area contributed by atoms with Gasteiger partial charge in [-0.15, -0.1) is 0 Å². The van der Waals surface area contributed by atoms with Crippen LogP contribution < -0.4 is 10.1 Å². The quantitative estimate of drug-likeness (QED) is 0.810. The summed E-state index contributed by atoms with van der Waals surface area (Å²) in [7, 11) is 0. The molecular weight excluding hydrogens is 294 g/mol. The summed E-state index contributed by atoms with van der Waals surface area (Å²) < 4.78 is 5.76. The molecule has 3 unspecified atom stereocenters. The van der Waals surface area contributed by atoms with Crippen LogP contribution in [0.2, 0.25) is 5.02 Å². The van der Waals surface area contributed by atoms with Gasteiger partial charge in [0.15, 0.2) is 0 Å². The molecule has 0 aliphatic heterocycles. The van der Waals surface area contributed by atoms with E-state index < -0.39 is 17.8 Å². The molecular formula is C15H18ClNO4. The van der Waals surface area contributed by atoms with Crippen LogP contribution in [0.1, 0.15) is 19.8 Å². The van der Waals surface area contributed by atoms with E-state index in [0.717, 1.165) is 0 Å². The smallest absolute Gasteiger partial charge is 0.307 e. The lowest BCUT2D eigenvalue weighted by molar-refractivity contribution is -0.140. The lowest BCUT2D eigenvalue weighted by atomic mass is 10.2. The molecule has 0 bridgehead atoms. The van der Waals surface area contributed by atoms with Crippen LogP contribution in [-0.2, 0) is 9.59 Å². The number of carbonyl (C=O) groups is 2. The normalized spacial score (nSPS) is 21.4. The van der Waals surface area contributed by atoms with Gasteiger partial charge in [-0.2, -0.15) is 0 Å². The monoisotopic (exact) mass is 311 g/mol. The number of amides is 1. The predicted octanol–water partition coefficient (Wildman–Crippen LogP) is 2.33. The molecule has 1 fully saturated rings. The predicted molar refractivity (Wildman–Crippen MR) is 78.4 cm³/mol. The number of hydrogen-bond donors (Lipinski definition) is 2. The molecule has 1 aromatic carbocycles. The standard InChI is InChI=1S/C15H18ClNO4/c1-2-9(21-13-6-4-3-5-12(13)16)8-17-14(18)10-7-11(10)15(19)20/h3-6,9-11H,2,7-8H2,1H3,(H,17,18)(H,19,20). The number of ether oxygens (including phenoxy) is 1. The summed E-state index contributed by atoms with van der Waals surface area (Å²) in [4.78, 5) is 22.5. The van der Waals surface area contributed by atoms with E-state index in [-0.39, 0.29) is 12.0 Å². The Labute approximate surface area is 128 Å². The van der Waals surface area contributed by atoms with Gasteiger partial charge in [0, 0.05) is 0 Å². The van der Waals surface area contributed by atoms with Gasteiger partial charge >= 0.3 is 5.97 Å². The fraction of sp³-hybridized carbons (Fsp3) is 0.467. The van der Waals surface area contributed by atoms with Crippen molar-refractivity contribution in [2.75, 3.05) is 6.54 Å². The van der Waals surface area contributed by atoms with Crippen LogP contribution in [0.15, 0.2) is 24.3 Å². The Morgan fingerprint density at radius 2 is 2.14 bits per heavy atom. The molecule has 0 aromatic heterocycles. The molecule has 1 amide bonds. The van der Waals surface area contributed by atoms with Crippen molar-refractivity contribution in [3.63, 3.8) is 0 Å². The van der Waals surface area contributed by atoms with Crippen molar-refractivity contribution in [3.05, 3.63) is 29.3 Å². The van der Waals surface area contributed by atoms with Gasteiger partial charge in [-0.05, 0) is 25.0 Å². The number of halogens is 1. The van der Waals surface area contributed by atoms with Crippen LogP contribution in [0, 0.1) is 11.8 Å². The molecule has 1 aliphatic rings. The maximum atomic E-state index is 11.8. The summed E-state index contributed by atoms with van der Waals surface area (Å²) in [6, 6.07) is 7.16. The van der Waals surface area contributed by atoms with Crippen LogP contribution in [0.25, 0.3) is 0 Å². The number of rotatable bonds is 7. The highest BCUT2D eigenvalue weighted by Crippen LogP contribution is 2.38. The molecule has 5 nitrogen and oxygen atoms in total. The minimum absolute atomic E-state index is 0.198. The molecule has 0 radical (unpaired) electrons. The second-order valence-electron chi connectivity index (χ2n) is 5.11. The Balaban J connectivity index is 1.82. The Morgan fingerprint density at radius 3 is 2.71 bits per heavy atom. The first-order chi connectivity index (χ1) is 10.0. The Kier molecular flexibility index (Phi) is 5.07. The number of carbonyl (C=O) groups excluding carboxylic acids is 1. The Morgan fingerprint density at radius 1 is 1.43 bits per heavy atom. The number of carboxylic acids is 1. The van der Waals surface area contributed by atoms with Crippen LogP contribution in [0.4, 0.5) is 0 Å². The SMILES string of the molecule is CCC(CNC(=O)C1CC1C(=O)O)Oc1ccccc1Cl. The average Bonchev–Trinajstić information content (AvgIpc) is 3.25. The first-order valence-corrected chi connectivity index (χ1v) is 7.32. The van der Waals surface area contributed by atoms with Gasteiger partial charge in [0.25, 0.3) is 0 Å². The molecule has 0 heterocycles. The third-order valence-electron chi connectivity index (χ3n) is 3.53. The van der Waals surface area contributed by atoms with Crippen molar-refractivity contribution in [1.82, 2.24) is 5.32 Å². The summed E-state index contributed by atoms with van der Waals surface area (Å²) in [5.74, 6) is -1.48. The van der Waals surface area contributed by atoms with Gasteiger partial charge in [0.1, 0.15) is 11.9 Å². The van der Waals surface area contributed by atoms with E-state index >= 15 is 0 Å². The molecule has 6 heteroatoms. The fourth-order valence-electron chi connectivity index (χ4n) is 2.09. The highest BCUT2D eigenvalue weighted by Gasteiger charge is 2.48. The lowest BCUT2D eigenvalue weighted by Crippen LogP contribution is -2.36. The number of aliphatic carboxylic acids is 1. The average molecular weight is 312 g/mol. The number of para-hydroxylation sites is 1. The van der Waals surface area contributed by atoms with E-state index in [4.69, 9.17) is 21.4 Å². The van der Waals surface area contributed by atoms with E-state index in [1.54, 1.807) is 12.1 Å². The fourth-order valence-corrected chi connectivity index (χ4v) is 2.27. The minimum atomic E-state index is -0.908. The van der Waals surface area contributed by atoms with Gasteiger partial charge in [0.05, 0.1) is 23.4 Å². The Hall–Kier alpha value is -1.75. The van der Waals surface area contributed by atoms with Crippen LogP contribution >= 0.6 is 11.6 Å². The van der Waals surface area contributed by atoms with Crippen molar-refractivity contribution in [3.8, 4) is 5.75 Å². The second kappa shape index (κ2) is 6.80. The van der Waals surface area contributed by atoms with E-state index in [1.807, 2.05) is 19.1 Å². The molecule has 0 saturated heterocycles. The van der Waals surface area contributed by atoms with Crippen LogP contribution in [-0.4, -0.2) is 29.6 Å². The third-order valence-corrected chi connectivity index (χ3v) is 3.85. The van der Waals surface area contributed by atoms with Crippen molar-refractivity contribution in [1.29, 1.82) is 0 Å². The van der Waals surface area contributed by atoms with Gasteiger partial charge < -0.3 is 15.2 Å². The van der Waals surface area contributed by atoms with Crippen molar-refractivity contribution in [2.45, 2.75) is 25.9 Å². The van der Waals surface area contributed by atoms with Crippen LogP contribution in [0.5, 0.6) is 5.75 Å². The molecule has 1 saturated carbocycles. The molecule has 114 valence electrons. The maximum Gasteiger partial charge on any atom is 0.307 e. The van der Waals surface area contributed by atoms with Gasteiger partial charge in [-0.1, -0.05) is 30.7 Å². The first-order valence-electron chi connectivity index (χ1n) is 6.94. The number of nitrogens with one attached hydrogen (secondary N) is 1. The topological polar surface area (TPSA) is 75.6 Å². The largest absolute Gasteiger partial charge is 0.487 e. The molecule has 0 spiro atoms. The zero-order chi connectivity index (χ0) is 15.4. The third kappa shape index (κ3) is 4.11. The van der Waals surface area contributed by atoms with Crippen LogP contribution in [0.3, 0.4) is 0 Å². The second-order valence-corrected chi connectivity index (χ2v) is 5.52. The summed E-state index contributed by atoms with van der Waals surface area (Å²) in [5, 5.41) is 12.1. The molecule has 2 N–H and O–H groups in total.